The molecule has 46 heavy (non-hydrogen) atoms. The molecule has 0 bridgehead atoms. The van der Waals surface area contributed by atoms with Gasteiger partial charge in [-0.1, -0.05) is 106 Å². The van der Waals surface area contributed by atoms with Gasteiger partial charge in [-0.2, -0.15) is 0 Å². The van der Waals surface area contributed by atoms with E-state index >= 15 is 0 Å². The number of aromatic nitrogens is 1. The number of ketones is 2. The number of halogens is 1. The van der Waals surface area contributed by atoms with Crippen LogP contribution in [0.2, 0.25) is 0 Å². The van der Waals surface area contributed by atoms with Gasteiger partial charge >= 0.3 is 0 Å². The van der Waals surface area contributed by atoms with Crippen LogP contribution in [0.25, 0.3) is 23.5 Å². The number of nitrogens with zero attached hydrogens (tertiary/aromatic N) is 2. The largest absolute Gasteiger partial charge is 0.354 e. The van der Waals surface area contributed by atoms with Crippen molar-refractivity contribution < 1.29 is 18.9 Å². The van der Waals surface area contributed by atoms with Crippen molar-refractivity contribution in [3.05, 3.63) is 158 Å². The van der Waals surface area contributed by atoms with Gasteiger partial charge in [0.25, 0.3) is 0 Å². The predicted molar refractivity (Wildman–Crippen MR) is 179 cm³/mol. The lowest BCUT2D eigenvalue weighted by Crippen LogP contribution is -2.47. The molecule has 2 aliphatic heterocycles. The zero-order valence-corrected chi connectivity index (χ0v) is 25.9. The zero-order chi connectivity index (χ0) is 31.3. The van der Waals surface area contributed by atoms with Crippen LogP contribution in [0.15, 0.2) is 117 Å². The average molecular weight is 665 g/mol. The van der Waals surface area contributed by atoms with E-state index in [1.807, 2.05) is 103 Å². The average Bonchev–Trinajstić information content (AvgIpc) is 3.77. The van der Waals surface area contributed by atoms with E-state index in [1.54, 1.807) is 18.2 Å². The maximum Gasteiger partial charge on any atom is 0.244 e. The molecule has 220 valence electrons. The smallest absolute Gasteiger partial charge is 0.244 e. The molecule has 0 radical (unpaired) electrons. The summed E-state index contributed by atoms with van der Waals surface area (Å²) in [5.74, 6) is -0.591. The van der Waals surface area contributed by atoms with Crippen molar-refractivity contribution in [2.45, 2.75) is 12.3 Å². The van der Waals surface area contributed by atoms with E-state index in [0.717, 1.165) is 10.0 Å². The van der Waals surface area contributed by atoms with Gasteiger partial charge in [-0.15, -0.1) is 0 Å². The highest BCUT2D eigenvalue weighted by molar-refractivity contribution is 9.10. The summed E-state index contributed by atoms with van der Waals surface area (Å²) in [5.41, 5.74) is 5.34. The van der Waals surface area contributed by atoms with Gasteiger partial charge in [0.1, 0.15) is 16.8 Å². The molecular formula is C38H22BrN3O4. The molecular weight excluding hydrogens is 642 g/mol. The number of hydrogen-bond donors (Lipinski definition) is 1. The fraction of sp³-hybridized carbons (Fsp3) is 0.0526. The Morgan fingerprint density at radius 2 is 1.35 bits per heavy atom. The Morgan fingerprint density at radius 3 is 1.98 bits per heavy atom. The molecule has 9 rings (SSSR count). The summed E-state index contributed by atoms with van der Waals surface area (Å²) in [4.78, 5) is 46.0. The Hall–Kier alpha value is -5.60. The number of carbonyl (C=O) groups excluding carboxylic acids is 3. The van der Waals surface area contributed by atoms with Gasteiger partial charge < -0.3 is 14.7 Å². The number of fused-ring (bicyclic) bond motifs is 8. The minimum Gasteiger partial charge on any atom is -0.354 e. The van der Waals surface area contributed by atoms with Crippen LogP contribution in [0.4, 0.5) is 11.4 Å². The van der Waals surface area contributed by atoms with Crippen LogP contribution in [0.1, 0.15) is 54.4 Å². The molecule has 4 aliphatic rings. The van der Waals surface area contributed by atoms with E-state index < -0.39 is 11.3 Å². The summed E-state index contributed by atoms with van der Waals surface area (Å²) < 4.78 is 6.65. The number of benzene rings is 4. The molecule has 1 aromatic heterocycles. The Labute approximate surface area is 271 Å². The molecule has 2 aliphatic carbocycles. The molecule has 3 heterocycles. The fourth-order valence-electron chi connectivity index (χ4n) is 7.42. The molecule has 0 fully saturated rings. The van der Waals surface area contributed by atoms with Crippen LogP contribution in [-0.2, 0) is 10.2 Å². The Morgan fingerprint density at radius 1 is 0.761 bits per heavy atom. The minimum atomic E-state index is -1.70. The third-order valence-electron chi connectivity index (χ3n) is 9.26. The lowest BCUT2D eigenvalue weighted by Gasteiger charge is -2.40. The third kappa shape index (κ3) is 3.31. The lowest BCUT2D eigenvalue weighted by molar-refractivity contribution is -0.118. The fourth-order valence-corrected chi connectivity index (χ4v) is 7.78. The second-order valence-corrected chi connectivity index (χ2v) is 12.6. The summed E-state index contributed by atoms with van der Waals surface area (Å²) in [7, 11) is 0. The molecule has 1 N–H and O–H groups in total. The van der Waals surface area contributed by atoms with Crippen molar-refractivity contribution >= 4 is 68.3 Å². The molecule has 1 amide bonds. The molecule has 1 spiro atoms. The maximum atomic E-state index is 14.7. The highest BCUT2D eigenvalue weighted by atomic mass is 79.9. The summed E-state index contributed by atoms with van der Waals surface area (Å²) in [6, 6.07) is 30.0. The van der Waals surface area contributed by atoms with E-state index in [9.17, 15) is 14.4 Å². The number of Topliss-reactive ketones (excluding diaryl/α,β-unsaturated/α-hetero) is 2. The van der Waals surface area contributed by atoms with E-state index in [1.165, 1.54) is 0 Å². The Kier molecular flexibility index (Phi) is 5.50. The Bertz CT molecular complexity index is 2250. The first-order chi connectivity index (χ1) is 22.4. The van der Waals surface area contributed by atoms with Crippen LogP contribution in [0, 0.1) is 6.92 Å². The number of rotatable bonds is 3. The molecule has 8 heteroatoms. The second kappa shape index (κ2) is 9.45. The minimum absolute atomic E-state index is 0.238. The van der Waals surface area contributed by atoms with Crippen LogP contribution in [-0.4, -0.2) is 22.6 Å². The number of carbonyl (C=O) groups is 3. The first kappa shape index (κ1) is 26.8. The number of anilines is 2. The molecule has 4 aromatic carbocycles. The number of nitrogens with one attached hydrogen (secondary N) is 1. The third-order valence-corrected chi connectivity index (χ3v) is 9.75. The van der Waals surface area contributed by atoms with Gasteiger partial charge in [-0.25, -0.2) is 0 Å². The van der Waals surface area contributed by atoms with Gasteiger partial charge in [0, 0.05) is 49.1 Å². The van der Waals surface area contributed by atoms with Gasteiger partial charge in [-0.05, 0) is 36.8 Å². The van der Waals surface area contributed by atoms with E-state index in [4.69, 9.17) is 4.52 Å². The zero-order valence-electron chi connectivity index (χ0n) is 24.3. The lowest BCUT2D eigenvalue weighted by atomic mass is 9.65. The summed E-state index contributed by atoms with van der Waals surface area (Å²) >= 11 is 3.59. The van der Waals surface area contributed by atoms with Gasteiger partial charge in [0.15, 0.2) is 17.3 Å². The van der Waals surface area contributed by atoms with E-state index in [-0.39, 0.29) is 22.7 Å². The molecule has 0 unspecified atom stereocenters. The standard InChI is InChI=1S/C38H22BrN3O4/c1-20-32(29(46-41-20)18-15-21-9-3-2-4-10-21)42-33-23-11-5-7-13-25(23)35(43)30(33)38(27-19-22(39)16-17-28(27)40-37(38)45)31-34(42)24-12-6-8-14-26(24)36(31)44/h2-19H,1H3,(H,40,45)/b18-15+. The quantitative estimate of drug-likeness (QED) is 0.211. The molecule has 0 saturated heterocycles. The van der Waals surface area contributed by atoms with Crippen molar-refractivity contribution in [3.8, 4) is 0 Å². The molecule has 0 atom stereocenters. The van der Waals surface area contributed by atoms with Crippen LogP contribution in [0.3, 0.4) is 0 Å². The second-order valence-electron chi connectivity index (χ2n) is 11.7. The van der Waals surface area contributed by atoms with Crippen molar-refractivity contribution in [1.82, 2.24) is 5.16 Å². The highest BCUT2D eigenvalue weighted by Crippen LogP contribution is 2.63. The molecule has 0 saturated carbocycles. The number of aryl methyl sites for hydroxylation is 1. The summed E-state index contributed by atoms with van der Waals surface area (Å²) in [6.45, 7) is 1.84. The van der Waals surface area contributed by atoms with E-state index in [0.29, 0.717) is 62.0 Å². The predicted octanol–water partition coefficient (Wildman–Crippen LogP) is 7.84. The van der Waals surface area contributed by atoms with Crippen LogP contribution in [0.5, 0.6) is 0 Å². The Balaban J connectivity index is 1.42. The van der Waals surface area contributed by atoms with Crippen molar-refractivity contribution in [2.75, 3.05) is 10.2 Å². The van der Waals surface area contributed by atoms with E-state index in [2.05, 4.69) is 26.4 Å². The SMILES string of the molecule is Cc1noc(/C=C/c2ccccc2)c1N1C2=C(C(=O)c3ccccc32)C2(C(=O)Nc3ccc(Br)cc32)C2=C1c1ccccc1C2=O. The van der Waals surface area contributed by atoms with Crippen molar-refractivity contribution in [2.24, 2.45) is 0 Å². The van der Waals surface area contributed by atoms with Gasteiger partial charge in [-0.3, -0.25) is 14.4 Å². The maximum absolute atomic E-state index is 14.7. The molecule has 7 nitrogen and oxygen atoms in total. The first-order valence-corrected chi connectivity index (χ1v) is 15.6. The number of hydrogen-bond acceptors (Lipinski definition) is 6. The van der Waals surface area contributed by atoms with Crippen molar-refractivity contribution in [3.63, 3.8) is 0 Å². The first-order valence-electron chi connectivity index (χ1n) is 14.8. The van der Waals surface area contributed by atoms with Crippen molar-refractivity contribution in [1.29, 1.82) is 0 Å². The van der Waals surface area contributed by atoms with Gasteiger partial charge in [0.05, 0.1) is 11.4 Å². The normalized spacial score (nSPS) is 17.1. The number of amides is 1. The van der Waals surface area contributed by atoms with Gasteiger partial charge in [0.2, 0.25) is 5.91 Å². The highest BCUT2D eigenvalue weighted by Gasteiger charge is 2.65. The van der Waals surface area contributed by atoms with Crippen LogP contribution >= 0.6 is 15.9 Å². The topological polar surface area (TPSA) is 92.5 Å². The van der Waals surface area contributed by atoms with Crippen LogP contribution < -0.4 is 10.2 Å². The monoisotopic (exact) mass is 663 g/mol. The summed E-state index contributed by atoms with van der Waals surface area (Å²) in [6.07, 6.45) is 3.77. The summed E-state index contributed by atoms with van der Waals surface area (Å²) in [5, 5.41) is 7.39. The molecule has 5 aromatic rings.